The van der Waals surface area contributed by atoms with E-state index in [0.717, 1.165) is 53.3 Å². The van der Waals surface area contributed by atoms with Crippen LogP contribution in [0.15, 0.2) is 73.4 Å². The summed E-state index contributed by atoms with van der Waals surface area (Å²) in [7, 11) is 0. The number of anilines is 2. The lowest BCUT2D eigenvalue weighted by Gasteiger charge is -2.05. The molecule has 0 aliphatic rings. The lowest BCUT2D eigenvalue weighted by Crippen LogP contribution is -2.14. The maximum atomic E-state index is 12.4. The van der Waals surface area contributed by atoms with Crippen LogP contribution in [-0.2, 0) is 28.9 Å². The molecule has 0 radical (unpaired) electrons. The number of hydrogen-bond donors (Lipinski definition) is 2. The van der Waals surface area contributed by atoms with Crippen LogP contribution >= 0.6 is 11.3 Å². The van der Waals surface area contributed by atoms with E-state index in [1.807, 2.05) is 37.3 Å². The minimum Gasteiger partial charge on any atom is -0.494 e. The molecule has 0 bridgehead atoms. The molecule has 3 aromatic rings. The smallest absolute Gasteiger partial charge is 0.230 e. The largest absolute Gasteiger partial charge is 0.494 e. The third-order valence-electron chi connectivity index (χ3n) is 5.31. The summed E-state index contributed by atoms with van der Waals surface area (Å²) in [6, 6.07) is 11.1. The van der Waals surface area contributed by atoms with Crippen LogP contribution in [0, 0.1) is 0 Å². The third kappa shape index (κ3) is 9.70. The van der Waals surface area contributed by atoms with Gasteiger partial charge in [-0.05, 0) is 61.6 Å². The number of allylic oxidation sites excluding steroid dienone is 3. The molecule has 0 fully saturated rings. The van der Waals surface area contributed by atoms with E-state index in [1.165, 1.54) is 11.3 Å². The predicted molar refractivity (Wildman–Crippen MR) is 150 cm³/mol. The summed E-state index contributed by atoms with van der Waals surface area (Å²) >= 11 is 1.38. The molecule has 2 amide bonds. The summed E-state index contributed by atoms with van der Waals surface area (Å²) in [5, 5.41) is 23.5. The highest BCUT2D eigenvalue weighted by atomic mass is 32.1. The molecule has 2 N–H and O–H groups in total. The lowest BCUT2D eigenvalue weighted by molar-refractivity contribution is -0.116. The Morgan fingerprint density at radius 2 is 1.84 bits per heavy atom. The molecule has 0 unspecified atom stereocenters. The number of aromatic nitrogens is 4. The van der Waals surface area contributed by atoms with Crippen molar-refractivity contribution in [3.63, 3.8) is 0 Å². The minimum atomic E-state index is -0.191. The fourth-order valence-electron chi connectivity index (χ4n) is 3.53. The van der Waals surface area contributed by atoms with Crippen LogP contribution in [0.3, 0.4) is 0 Å². The number of unbranched alkanes of at least 4 members (excludes halogenated alkanes) is 1. The van der Waals surface area contributed by atoms with Crippen molar-refractivity contribution in [2.45, 2.75) is 45.4 Å². The van der Waals surface area contributed by atoms with Gasteiger partial charge in [0.15, 0.2) is 5.82 Å². The molecule has 0 atom stereocenters. The van der Waals surface area contributed by atoms with Gasteiger partial charge in [-0.1, -0.05) is 54.9 Å². The summed E-state index contributed by atoms with van der Waals surface area (Å²) in [6.45, 7) is 9.81. The third-order valence-corrected chi connectivity index (χ3v) is 6.21. The van der Waals surface area contributed by atoms with Gasteiger partial charge in [0.25, 0.3) is 0 Å². The second-order valence-electron chi connectivity index (χ2n) is 8.33. The van der Waals surface area contributed by atoms with Crippen LogP contribution < -0.4 is 15.4 Å². The lowest BCUT2D eigenvalue weighted by atomic mass is 10.1. The SMILES string of the molecule is C=C/C=C(\C=C)CC(=O)Nc1ccc(CCCCc2nnc(NC(=O)Cc3cccc(OCC)c3)s2)nn1. The Morgan fingerprint density at radius 1 is 1.00 bits per heavy atom. The first-order chi connectivity index (χ1) is 18.5. The number of carbonyl (C=O) groups excluding carboxylic acids is 2. The molecule has 2 heterocycles. The predicted octanol–water partition coefficient (Wildman–Crippen LogP) is 5.10. The molecule has 10 heteroatoms. The van der Waals surface area contributed by atoms with Gasteiger partial charge in [0.1, 0.15) is 10.8 Å². The molecule has 0 aliphatic carbocycles. The number of aryl methyl sites for hydroxylation is 2. The first-order valence-electron chi connectivity index (χ1n) is 12.4. The highest BCUT2D eigenvalue weighted by molar-refractivity contribution is 7.15. The van der Waals surface area contributed by atoms with Gasteiger partial charge in [0.2, 0.25) is 16.9 Å². The van der Waals surface area contributed by atoms with Gasteiger partial charge in [-0.3, -0.25) is 9.59 Å². The summed E-state index contributed by atoms with van der Waals surface area (Å²) in [4.78, 5) is 24.5. The van der Waals surface area contributed by atoms with Gasteiger partial charge in [-0.25, -0.2) is 0 Å². The zero-order chi connectivity index (χ0) is 27.2. The van der Waals surface area contributed by atoms with Crippen molar-refractivity contribution < 1.29 is 14.3 Å². The summed E-state index contributed by atoms with van der Waals surface area (Å²) in [6.07, 6.45) is 8.72. The Kier molecular flexibility index (Phi) is 11.3. The van der Waals surface area contributed by atoms with E-state index in [9.17, 15) is 9.59 Å². The Hall–Kier alpha value is -4.18. The molecule has 3 rings (SSSR count). The zero-order valence-electron chi connectivity index (χ0n) is 21.5. The van der Waals surface area contributed by atoms with Crippen LogP contribution in [0.2, 0.25) is 0 Å². The van der Waals surface area contributed by atoms with E-state index in [-0.39, 0.29) is 24.7 Å². The quantitative estimate of drug-likeness (QED) is 0.206. The van der Waals surface area contributed by atoms with E-state index in [2.05, 4.69) is 44.2 Å². The van der Waals surface area contributed by atoms with Crippen molar-refractivity contribution in [1.29, 1.82) is 0 Å². The fourth-order valence-corrected chi connectivity index (χ4v) is 4.33. The van der Waals surface area contributed by atoms with Gasteiger partial charge >= 0.3 is 0 Å². The molecule has 9 nitrogen and oxygen atoms in total. The second kappa shape index (κ2) is 15.2. The number of nitrogens with zero attached hydrogens (tertiary/aromatic N) is 4. The van der Waals surface area contributed by atoms with Crippen molar-refractivity contribution in [3.05, 3.63) is 89.6 Å². The Balaban J connectivity index is 1.37. The molecular formula is C28H32N6O3S. The fraction of sp³-hybridized carbons (Fsp3) is 0.286. The average Bonchev–Trinajstić information content (AvgIpc) is 3.34. The molecule has 0 spiro atoms. The number of ether oxygens (including phenoxy) is 1. The average molecular weight is 533 g/mol. The maximum Gasteiger partial charge on any atom is 0.230 e. The van der Waals surface area contributed by atoms with Crippen LogP contribution in [0.1, 0.15) is 42.5 Å². The number of benzene rings is 1. The highest BCUT2D eigenvalue weighted by Gasteiger charge is 2.10. The van der Waals surface area contributed by atoms with Crippen molar-refractivity contribution in [1.82, 2.24) is 20.4 Å². The van der Waals surface area contributed by atoms with Crippen molar-refractivity contribution in [3.8, 4) is 5.75 Å². The molecule has 2 aromatic heterocycles. The molecule has 198 valence electrons. The summed E-state index contributed by atoms with van der Waals surface area (Å²) < 4.78 is 5.48. The van der Waals surface area contributed by atoms with E-state index in [1.54, 1.807) is 24.3 Å². The van der Waals surface area contributed by atoms with Crippen molar-refractivity contribution in [2.24, 2.45) is 0 Å². The molecule has 0 saturated carbocycles. The highest BCUT2D eigenvalue weighted by Crippen LogP contribution is 2.19. The Labute approximate surface area is 226 Å². The van der Waals surface area contributed by atoms with Crippen molar-refractivity contribution in [2.75, 3.05) is 17.2 Å². The summed E-state index contributed by atoms with van der Waals surface area (Å²) in [5.74, 6) is 0.822. The van der Waals surface area contributed by atoms with E-state index in [4.69, 9.17) is 4.74 Å². The normalized spacial score (nSPS) is 11.0. The minimum absolute atomic E-state index is 0.145. The molecule has 1 aromatic carbocycles. The van der Waals surface area contributed by atoms with Gasteiger partial charge in [-0.2, -0.15) is 5.10 Å². The first kappa shape index (κ1) is 28.4. The standard InChI is InChI=1S/C28H32N6O3S/c1-4-10-20(5-2)18-25(35)29-24-16-15-22(31-32-24)12-7-8-14-27-33-34-28(38-27)30-26(36)19-21-11-9-13-23(17-21)37-6-3/h4-5,9-11,13,15-17H,1-2,6-8,12,14,18-19H2,3H3,(H,29,32,35)(H,30,34,36)/b20-10+. The number of hydrogen-bond acceptors (Lipinski definition) is 8. The van der Waals surface area contributed by atoms with E-state index >= 15 is 0 Å². The van der Waals surface area contributed by atoms with Gasteiger partial charge in [-0.15, -0.1) is 15.3 Å². The molecule has 38 heavy (non-hydrogen) atoms. The monoisotopic (exact) mass is 532 g/mol. The molecule has 0 aliphatic heterocycles. The Morgan fingerprint density at radius 3 is 2.58 bits per heavy atom. The van der Waals surface area contributed by atoms with Gasteiger partial charge in [0.05, 0.1) is 25.1 Å². The maximum absolute atomic E-state index is 12.4. The topological polar surface area (TPSA) is 119 Å². The molecule has 0 saturated heterocycles. The van der Waals surface area contributed by atoms with E-state index in [0.29, 0.717) is 17.6 Å². The zero-order valence-corrected chi connectivity index (χ0v) is 22.3. The number of amides is 2. The number of carbonyl (C=O) groups is 2. The van der Waals surface area contributed by atoms with Gasteiger partial charge in [0, 0.05) is 6.42 Å². The van der Waals surface area contributed by atoms with Crippen LogP contribution in [0.5, 0.6) is 5.75 Å². The first-order valence-corrected chi connectivity index (χ1v) is 13.2. The second-order valence-corrected chi connectivity index (χ2v) is 9.39. The van der Waals surface area contributed by atoms with Crippen LogP contribution in [0.4, 0.5) is 10.9 Å². The Bertz CT molecular complexity index is 1270. The van der Waals surface area contributed by atoms with Gasteiger partial charge < -0.3 is 15.4 Å². The molecular weight excluding hydrogens is 500 g/mol. The number of rotatable bonds is 15. The van der Waals surface area contributed by atoms with Crippen LogP contribution in [0.25, 0.3) is 0 Å². The number of nitrogens with one attached hydrogen (secondary N) is 2. The van der Waals surface area contributed by atoms with E-state index < -0.39 is 0 Å². The van der Waals surface area contributed by atoms with Crippen LogP contribution in [-0.4, -0.2) is 38.8 Å². The summed E-state index contributed by atoms with van der Waals surface area (Å²) in [5.41, 5.74) is 2.50. The van der Waals surface area contributed by atoms with Crippen molar-refractivity contribution >= 4 is 34.1 Å².